The van der Waals surface area contributed by atoms with Crippen molar-refractivity contribution in [1.82, 2.24) is 5.32 Å². The summed E-state index contributed by atoms with van der Waals surface area (Å²) in [5.74, 6) is 0. The molecule has 0 heterocycles. The van der Waals surface area contributed by atoms with Gasteiger partial charge in [-0.15, -0.1) is 0 Å². The van der Waals surface area contributed by atoms with Gasteiger partial charge in [0.25, 0.3) is 0 Å². The van der Waals surface area contributed by atoms with Crippen LogP contribution in [0.2, 0.25) is 0 Å². The molecule has 0 saturated carbocycles. The lowest BCUT2D eigenvalue weighted by molar-refractivity contribution is 0.139. The highest BCUT2D eigenvalue weighted by Gasteiger charge is 2.14. The van der Waals surface area contributed by atoms with Crippen LogP contribution in [0.3, 0.4) is 0 Å². The van der Waals surface area contributed by atoms with Crippen molar-refractivity contribution in [2.24, 2.45) is 0 Å². The predicted molar refractivity (Wildman–Crippen MR) is 70.3 cm³/mol. The fourth-order valence-corrected chi connectivity index (χ4v) is 1.42. The lowest BCUT2D eigenvalue weighted by Crippen LogP contribution is -2.41. The van der Waals surface area contributed by atoms with Crippen molar-refractivity contribution >= 4 is 6.09 Å². The van der Waals surface area contributed by atoms with E-state index in [0.717, 1.165) is 11.1 Å². The minimum Gasteiger partial charge on any atom is -0.449 e. The van der Waals surface area contributed by atoms with E-state index < -0.39 is 6.09 Å². The SMILES string of the molecule is CC(C)(C)NC(=O)OCCc1ccc(CO)cc1. The van der Waals surface area contributed by atoms with Gasteiger partial charge in [0.15, 0.2) is 0 Å². The van der Waals surface area contributed by atoms with E-state index in [-0.39, 0.29) is 12.1 Å². The molecule has 100 valence electrons. The Balaban J connectivity index is 2.30. The van der Waals surface area contributed by atoms with Crippen LogP contribution in [0.1, 0.15) is 31.9 Å². The molecule has 1 amide bonds. The van der Waals surface area contributed by atoms with Gasteiger partial charge in [-0.05, 0) is 31.9 Å². The molecule has 0 atom stereocenters. The average molecular weight is 251 g/mol. The molecule has 1 rings (SSSR count). The number of aliphatic hydroxyl groups is 1. The minimum atomic E-state index is -0.394. The molecule has 1 aromatic rings. The maximum Gasteiger partial charge on any atom is 0.407 e. The van der Waals surface area contributed by atoms with Gasteiger partial charge in [0, 0.05) is 12.0 Å². The second-order valence-electron chi connectivity index (χ2n) is 5.24. The average Bonchev–Trinajstić information content (AvgIpc) is 2.27. The number of aliphatic hydroxyl groups excluding tert-OH is 1. The molecule has 0 unspecified atom stereocenters. The Hall–Kier alpha value is -1.55. The lowest BCUT2D eigenvalue weighted by atomic mass is 10.1. The first-order valence-corrected chi connectivity index (χ1v) is 6.04. The molecular formula is C14H21NO3. The summed E-state index contributed by atoms with van der Waals surface area (Å²) < 4.78 is 5.08. The second kappa shape index (κ2) is 6.40. The van der Waals surface area contributed by atoms with Crippen LogP contribution in [-0.2, 0) is 17.8 Å². The quantitative estimate of drug-likeness (QED) is 0.863. The Morgan fingerprint density at radius 3 is 2.28 bits per heavy atom. The van der Waals surface area contributed by atoms with Gasteiger partial charge in [0.2, 0.25) is 0 Å². The smallest absolute Gasteiger partial charge is 0.407 e. The van der Waals surface area contributed by atoms with Crippen molar-refractivity contribution in [2.45, 2.75) is 39.3 Å². The van der Waals surface area contributed by atoms with Crippen LogP contribution < -0.4 is 5.32 Å². The summed E-state index contributed by atoms with van der Waals surface area (Å²) in [6.45, 7) is 6.11. The summed E-state index contributed by atoms with van der Waals surface area (Å²) in [4.78, 5) is 11.4. The van der Waals surface area contributed by atoms with Gasteiger partial charge in [0.05, 0.1) is 13.2 Å². The van der Waals surface area contributed by atoms with Crippen molar-refractivity contribution in [3.8, 4) is 0 Å². The highest BCUT2D eigenvalue weighted by atomic mass is 16.5. The molecule has 0 aromatic heterocycles. The Morgan fingerprint density at radius 2 is 1.78 bits per heavy atom. The molecule has 0 spiro atoms. The molecule has 2 N–H and O–H groups in total. The highest BCUT2D eigenvalue weighted by Crippen LogP contribution is 2.05. The zero-order valence-electron chi connectivity index (χ0n) is 11.2. The number of ether oxygens (including phenoxy) is 1. The van der Waals surface area contributed by atoms with E-state index in [2.05, 4.69) is 5.32 Å². The lowest BCUT2D eigenvalue weighted by Gasteiger charge is -2.19. The summed E-state index contributed by atoms with van der Waals surface area (Å²) in [5, 5.41) is 11.6. The van der Waals surface area contributed by atoms with Crippen LogP contribution in [-0.4, -0.2) is 23.3 Å². The maximum atomic E-state index is 11.4. The summed E-state index contributed by atoms with van der Waals surface area (Å²) >= 11 is 0. The van der Waals surface area contributed by atoms with Crippen molar-refractivity contribution < 1.29 is 14.6 Å². The normalized spacial score (nSPS) is 11.1. The van der Waals surface area contributed by atoms with E-state index in [1.807, 2.05) is 45.0 Å². The van der Waals surface area contributed by atoms with Crippen LogP contribution in [0.5, 0.6) is 0 Å². The first-order valence-electron chi connectivity index (χ1n) is 6.04. The highest BCUT2D eigenvalue weighted by molar-refractivity contribution is 5.68. The molecule has 0 saturated heterocycles. The van der Waals surface area contributed by atoms with Crippen molar-refractivity contribution in [1.29, 1.82) is 0 Å². The van der Waals surface area contributed by atoms with E-state index in [1.165, 1.54) is 0 Å². The summed E-state index contributed by atoms with van der Waals surface area (Å²) in [5.41, 5.74) is 1.68. The first kappa shape index (κ1) is 14.5. The van der Waals surface area contributed by atoms with E-state index in [4.69, 9.17) is 9.84 Å². The zero-order valence-corrected chi connectivity index (χ0v) is 11.2. The topological polar surface area (TPSA) is 58.6 Å². The molecule has 0 fully saturated rings. The second-order valence-corrected chi connectivity index (χ2v) is 5.24. The van der Waals surface area contributed by atoms with Crippen LogP contribution in [0.4, 0.5) is 4.79 Å². The number of hydrogen-bond acceptors (Lipinski definition) is 3. The van der Waals surface area contributed by atoms with Crippen molar-refractivity contribution in [3.05, 3.63) is 35.4 Å². The van der Waals surface area contributed by atoms with Gasteiger partial charge in [-0.1, -0.05) is 24.3 Å². The molecule has 18 heavy (non-hydrogen) atoms. The van der Waals surface area contributed by atoms with Crippen LogP contribution in [0.15, 0.2) is 24.3 Å². The van der Waals surface area contributed by atoms with Gasteiger partial charge < -0.3 is 15.2 Å². The number of amides is 1. The van der Waals surface area contributed by atoms with Crippen LogP contribution in [0.25, 0.3) is 0 Å². The van der Waals surface area contributed by atoms with E-state index in [1.54, 1.807) is 0 Å². The Kier molecular flexibility index (Phi) is 5.16. The third kappa shape index (κ3) is 5.68. The Morgan fingerprint density at radius 1 is 1.22 bits per heavy atom. The molecule has 4 nitrogen and oxygen atoms in total. The van der Waals surface area contributed by atoms with Gasteiger partial charge in [-0.25, -0.2) is 4.79 Å². The largest absolute Gasteiger partial charge is 0.449 e. The number of hydrogen-bond donors (Lipinski definition) is 2. The minimum absolute atomic E-state index is 0.0464. The van der Waals surface area contributed by atoms with Gasteiger partial charge in [-0.3, -0.25) is 0 Å². The standard InChI is InChI=1S/C14H21NO3/c1-14(2,3)15-13(17)18-9-8-11-4-6-12(10-16)7-5-11/h4-7,16H,8-10H2,1-3H3,(H,15,17). The molecule has 1 aromatic carbocycles. The number of carbonyl (C=O) groups excluding carboxylic acids is 1. The molecular weight excluding hydrogens is 230 g/mol. The zero-order chi connectivity index (χ0) is 13.6. The van der Waals surface area contributed by atoms with Gasteiger partial charge >= 0.3 is 6.09 Å². The molecule has 4 heteroatoms. The fraction of sp³-hybridized carbons (Fsp3) is 0.500. The monoisotopic (exact) mass is 251 g/mol. The molecule has 0 aliphatic carbocycles. The molecule has 0 aliphatic rings. The third-order valence-electron chi connectivity index (χ3n) is 2.31. The molecule has 0 aliphatic heterocycles. The Labute approximate surface area is 108 Å². The summed E-state index contributed by atoms with van der Waals surface area (Å²) in [6, 6.07) is 7.59. The van der Waals surface area contributed by atoms with E-state index in [0.29, 0.717) is 13.0 Å². The maximum absolute atomic E-state index is 11.4. The number of carbonyl (C=O) groups is 1. The third-order valence-corrected chi connectivity index (χ3v) is 2.31. The number of alkyl carbamates (subject to hydrolysis) is 1. The summed E-state index contributed by atoms with van der Waals surface area (Å²) in [7, 11) is 0. The fourth-order valence-electron chi connectivity index (χ4n) is 1.42. The molecule has 0 bridgehead atoms. The number of rotatable bonds is 4. The van der Waals surface area contributed by atoms with Gasteiger partial charge in [-0.2, -0.15) is 0 Å². The molecule has 0 radical (unpaired) electrons. The van der Waals surface area contributed by atoms with Crippen LogP contribution in [0, 0.1) is 0 Å². The first-order chi connectivity index (χ1) is 8.40. The van der Waals surface area contributed by atoms with E-state index in [9.17, 15) is 4.79 Å². The number of nitrogens with one attached hydrogen (secondary N) is 1. The Bertz CT molecular complexity index is 379. The summed E-state index contributed by atoms with van der Waals surface area (Å²) in [6.07, 6.45) is 0.276. The van der Waals surface area contributed by atoms with Crippen LogP contribution >= 0.6 is 0 Å². The van der Waals surface area contributed by atoms with Gasteiger partial charge in [0.1, 0.15) is 0 Å². The van der Waals surface area contributed by atoms with E-state index >= 15 is 0 Å². The number of benzene rings is 1. The van der Waals surface area contributed by atoms with Crippen molar-refractivity contribution in [2.75, 3.05) is 6.61 Å². The van der Waals surface area contributed by atoms with Crippen molar-refractivity contribution in [3.63, 3.8) is 0 Å². The predicted octanol–water partition coefficient (Wildman–Crippen LogP) is 2.25.